The number of rotatable bonds is 6. The van der Waals surface area contributed by atoms with E-state index in [4.69, 9.17) is 0 Å². The number of esters is 1. The van der Waals surface area contributed by atoms with Crippen LogP contribution in [0.15, 0.2) is 11.6 Å². The van der Waals surface area contributed by atoms with E-state index in [1.807, 2.05) is 20.8 Å². The molecule has 0 heterocycles. The zero-order valence-electron chi connectivity index (χ0n) is 12.8. The molecule has 1 aliphatic carbocycles. The number of hydrogen-bond donors (Lipinski definition) is 0. The molecule has 4 heteroatoms. The second-order valence-electron chi connectivity index (χ2n) is 6.03. The Morgan fingerprint density at radius 3 is 2.45 bits per heavy atom. The van der Waals surface area contributed by atoms with E-state index in [2.05, 4.69) is 4.74 Å². The third-order valence-corrected chi connectivity index (χ3v) is 3.73. The summed E-state index contributed by atoms with van der Waals surface area (Å²) in [6.07, 6.45) is 3.57. The van der Waals surface area contributed by atoms with E-state index in [0.29, 0.717) is 37.2 Å². The lowest BCUT2D eigenvalue weighted by atomic mass is 9.78. The molecule has 0 aromatic heterocycles. The van der Waals surface area contributed by atoms with Crippen LogP contribution in [0.3, 0.4) is 0 Å². The summed E-state index contributed by atoms with van der Waals surface area (Å²) in [5.41, 5.74) is 0.439. The largest absolute Gasteiger partial charge is 0.466 e. The van der Waals surface area contributed by atoms with Gasteiger partial charge >= 0.3 is 5.97 Å². The highest BCUT2D eigenvalue weighted by atomic mass is 16.5. The predicted molar refractivity (Wildman–Crippen MR) is 76.1 cm³/mol. The van der Waals surface area contributed by atoms with Crippen molar-refractivity contribution in [3.05, 3.63) is 11.6 Å². The quantitative estimate of drug-likeness (QED) is 0.702. The first-order valence-electron chi connectivity index (χ1n) is 7.19. The maximum absolute atomic E-state index is 12.1. The van der Waals surface area contributed by atoms with Gasteiger partial charge in [0.2, 0.25) is 0 Å². The van der Waals surface area contributed by atoms with Crippen LogP contribution in [0.4, 0.5) is 0 Å². The number of carbonyl (C=O) groups is 3. The lowest BCUT2D eigenvalue weighted by molar-refractivity contribution is -0.137. The molecule has 0 N–H and O–H groups in total. The smallest absolute Gasteiger partial charge is 0.333 e. The van der Waals surface area contributed by atoms with Crippen molar-refractivity contribution in [2.75, 3.05) is 7.11 Å². The summed E-state index contributed by atoms with van der Waals surface area (Å²) in [6.45, 7) is 5.97. The molecule has 0 saturated carbocycles. The van der Waals surface area contributed by atoms with Crippen molar-refractivity contribution in [2.24, 2.45) is 17.8 Å². The Bertz CT molecular complexity index is 420. The minimum atomic E-state index is -0.430. The maximum Gasteiger partial charge on any atom is 0.333 e. The highest BCUT2D eigenvalue weighted by molar-refractivity contribution is 6.02. The van der Waals surface area contributed by atoms with Crippen molar-refractivity contribution < 1.29 is 19.1 Å². The third kappa shape index (κ3) is 4.58. The molecule has 0 aliphatic heterocycles. The van der Waals surface area contributed by atoms with Crippen LogP contribution in [0.2, 0.25) is 0 Å². The highest BCUT2D eigenvalue weighted by Crippen LogP contribution is 2.29. The second-order valence-corrected chi connectivity index (χ2v) is 6.03. The minimum absolute atomic E-state index is 0.0317. The molecule has 1 rings (SSSR count). The Morgan fingerprint density at radius 2 is 1.95 bits per heavy atom. The molecule has 0 amide bonds. The Balaban J connectivity index is 2.61. The van der Waals surface area contributed by atoms with E-state index < -0.39 is 5.97 Å². The van der Waals surface area contributed by atoms with Gasteiger partial charge in [0.25, 0.3) is 0 Å². The number of ketones is 2. The topological polar surface area (TPSA) is 60.4 Å². The van der Waals surface area contributed by atoms with E-state index in [0.717, 1.165) is 0 Å². The molecule has 1 aliphatic rings. The van der Waals surface area contributed by atoms with Crippen molar-refractivity contribution in [3.63, 3.8) is 0 Å². The molecule has 0 aromatic rings. The standard InChI is InChI=1S/C16H24O4/c1-10(2)7-13(17)8-11(3)14-6-5-12(9-15(14)18)16(19)20-4/h9-11,14H,5-8H2,1-4H3/t11-,14-/m1/s1. The van der Waals surface area contributed by atoms with E-state index in [1.165, 1.54) is 13.2 Å². The first kappa shape index (κ1) is 16.6. The SMILES string of the molecule is COC(=O)C1=CC(=O)[C@@H]([C@H](C)CC(=O)CC(C)C)CC1. The van der Waals surface area contributed by atoms with E-state index in [-0.39, 0.29) is 23.4 Å². The number of methoxy groups -OCH3 is 1. The molecular weight excluding hydrogens is 256 g/mol. The van der Waals surface area contributed by atoms with Gasteiger partial charge in [-0.25, -0.2) is 4.79 Å². The van der Waals surface area contributed by atoms with Crippen LogP contribution in [0.5, 0.6) is 0 Å². The molecule has 112 valence electrons. The van der Waals surface area contributed by atoms with Gasteiger partial charge in [-0.1, -0.05) is 20.8 Å². The molecule has 0 saturated heterocycles. The first-order valence-corrected chi connectivity index (χ1v) is 7.19. The summed E-state index contributed by atoms with van der Waals surface area (Å²) in [5.74, 6) is -0.0452. The van der Waals surface area contributed by atoms with E-state index in [9.17, 15) is 14.4 Å². The molecule has 2 atom stereocenters. The van der Waals surface area contributed by atoms with Crippen molar-refractivity contribution >= 4 is 17.5 Å². The van der Waals surface area contributed by atoms with Crippen LogP contribution in [-0.4, -0.2) is 24.6 Å². The lowest BCUT2D eigenvalue weighted by Gasteiger charge is -2.25. The summed E-state index contributed by atoms with van der Waals surface area (Å²) in [5, 5.41) is 0. The Labute approximate surface area is 120 Å². The average molecular weight is 280 g/mol. The normalized spacial score (nSPS) is 20.6. The molecule has 0 bridgehead atoms. The van der Waals surface area contributed by atoms with Gasteiger partial charge in [0.05, 0.1) is 7.11 Å². The van der Waals surface area contributed by atoms with Gasteiger partial charge in [-0.2, -0.15) is 0 Å². The van der Waals surface area contributed by atoms with Crippen LogP contribution >= 0.6 is 0 Å². The fraction of sp³-hybridized carbons (Fsp3) is 0.688. The first-order chi connectivity index (χ1) is 9.35. The Morgan fingerprint density at radius 1 is 1.30 bits per heavy atom. The zero-order chi connectivity index (χ0) is 15.3. The maximum atomic E-state index is 12.1. The molecule has 0 aromatic carbocycles. The van der Waals surface area contributed by atoms with Crippen LogP contribution in [0.1, 0.15) is 46.5 Å². The van der Waals surface area contributed by atoms with E-state index in [1.54, 1.807) is 0 Å². The van der Waals surface area contributed by atoms with Gasteiger partial charge in [-0.15, -0.1) is 0 Å². The lowest BCUT2D eigenvalue weighted by Crippen LogP contribution is -2.27. The fourth-order valence-electron chi connectivity index (χ4n) is 2.70. The van der Waals surface area contributed by atoms with Gasteiger partial charge in [0, 0.05) is 24.3 Å². The van der Waals surface area contributed by atoms with E-state index >= 15 is 0 Å². The Kier molecular flexibility index (Phi) is 6.11. The molecule has 0 unspecified atom stereocenters. The molecule has 0 radical (unpaired) electrons. The van der Waals surface area contributed by atoms with Gasteiger partial charge in [0.1, 0.15) is 5.78 Å². The van der Waals surface area contributed by atoms with Crippen molar-refractivity contribution in [2.45, 2.75) is 46.5 Å². The monoisotopic (exact) mass is 280 g/mol. The van der Waals surface area contributed by atoms with Gasteiger partial charge in [-0.3, -0.25) is 9.59 Å². The number of allylic oxidation sites excluding steroid dienone is 1. The molecule has 4 nitrogen and oxygen atoms in total. The van der Waals surface area contributed by atoms with Crippen LogP contribution in [-0.2, 0) is 19.1 Å². The molecule has 20 heavy (non-hydrogen) atoms. The average Bonchev–Trinajstić information content (AvgIpc) is 2.36. The summed E-state index contributed by atoms with van der Waals surface area (Å²) >= 11 is 0. The summed E-state index contributed by atoms with van der Waals surface area (Å²) < 4.78 is 4.63. The molecule has 0 fully saturated rings. The van der Waals surface area contributed by atoms with Crippen molar-refractivity contribution in [1.82, 2.24) is 0 Å². The van der Waals surface area contributed by atoms with Gasteiger partial charge < -0.3 is 4.74 Å². The third-order valence-electron chi connectivity index (χ3n) is 3.73. The summed E-state index contributed by atoms with van der Waals surface area (Å²) in [7, 11) is 1.31. The van der Waals surface area contributed by atoms with Gasteiger partial charge in [-0.05, 0) is 30.8 Å². The van der Waals surface area contributed by atoms with Crippen LogP contribution < -0.4 is 0 Å². The number of Topliss-reactive ketones (excluding diaryl/α,β-unsaturated/α-hetero) is 1. The Hall–Kier alpha value is -1.45. The summed E-state index contributed by atoms with van der Waals surface area (Å²) in [6, 6.07) is 0. The zero-order valence-corrected chi connectivity index (χ0v) is 12.8. The van der Waals surface area contributed by atoms with Crippen molar-refractivity contribution in [1.29, 1.82) is 0 Å². The highest BCUT2D eigenvalue weighted by Gasteiger charge is 2.30. The second kappa shape index (κ2) is 7.36. The van der Waals surface area contributed by atoms with Crippen molar-refractivity contribution in [3.8, 4) is 0 Å². The van der Waals surface area contributed by atoms with Gasteiger partial charge in [0.15, 0.2) is 5.78 Å². The number of ether oxygens (including phenoxy) is 1. The number of hydrogen-bond acceptors (Lipinski definition) is 4. The molecular formula is C16H24O4. The van der Waals surface area contributed by atoms with Crippen LogP contribution in [0.25, 0.3) is 0 Å². The summed E-state index contributed by atoms with van der Waals surface area (Å²) in [4.78, 5) is 35.3. The number of carbonyl (C=O) groups excluding carboxylic acids is 3. The van der Waals surface area contributed by atoms with Crippen LogP contribution in [0, 0.1) is 17.8 Å². The molecule has 0 spiro atoms. The fourth-order valence-corrected chi connectivity index (χ4v) is 2.70. The minimum Gasteiger partial charge on any atom is -0.466 e. The predicted octanol–water partition coefficient (Wildman–Crippen LogP) is 2.71.